The molecule has 2 nitrogen and oxygen atoms in total. The highest BCUT2D eigenvalue weighted by atomic mass is 16.5. The zero-order valence-electron chi connectivity index (χ0n) is 20.6. The van der Waals surface area contributed by atoms with Crippen molar-refractivity contribution in [3.8, 4) is 0 Å². The summed E-state index contributed by atoms with van der Waals surface area (Å²) in [6.45, 7) is 11.8. The summed E-state index contributed by atoms with van der Waals surface area (Å²) >= 11 is 0. The minimum atomic E-state index is -0.0872. The molecule has 2 heteroatoms. The number of ether oxygens (including phenoxy) is 1. The number of unbranched alkanes of at least 4 members (excludes halogenated alkanes) is 2. The Hall–Kier alpha value is -0.530. The van der Waals surface area contributed by atoms with E-state index < -0.39 is 0 Å². The van der Waals surface area contributed by atoms with Gasteiger partial charge in [0.2, 0.25) is 0 Å². The highest BCUT2D eigenvalue weighted by Crippen LogP contribution is 2.68. The van der Waals surface area contributed by atoms with Crippen LogP contribution in [0.5, 0.6) is 0 Å². The summed E-state index contributed by atoms with van der Waals surface area (Å²) in [7, 11) is 0. The van der Waals surface area contributed by atoms with Crippen molar-refractivity contribution in [1.29, 1.82) is 0 Å². The summed E-state index contributed by atoms with van der Waals surface area (Å²) in [5.74, 6) is 5.41. The molecule has 0 saturated heterocycles. The molecule has 0 N–H and O–H groups in total. The molecule has 172 valence electrons. The molecule has 9 atom stereocenters. The van der Waals surface area contributed by atoms with Gasteiger partial charge in [0, 0.05) is 6.92 Å². The maximum atomic E-state index is 11.5. The standard InChI is InChI=1S/C28H48O2/c1-6-7-8-9-19(2)24-12-13-25-23-11-10-21-18-22(30-20(3)29)14-16-27(21,4)26(23)15-17-28(24,25)5/h19,21-26H,6-18H2,1-5H3. The molecular weight excluding hydrogens is 368 g/mol. The summed E-state index contributed by atoms with van der Waals surface area (Å²) in [6.07, 6.45) is 18.1. The SMILES string of the molecule is CCCCCC(C)C1CCC2C3CCC4CC(OC(C)=O)CCC4(C)C3CCC12C. The number of rotatable bonds is 6. The first-order chi connectivity index (χ1) is 14.3. The maximum Gasteiger partial charge on any atom is 0.302 e. The van der Waals surface area contributed by atoms with Gasteiger partial charge in [0.05, 0.1) is 0 Å². The molecule has 0 heterocycles. The van der Waals surface area contributed by atoms with Gasteiger partial charge in [-0.2, -0.15) is 0 Å². The van der Waals surface area contributed by atoms with Crippen LogP contribution >= 0.6 is 0 Å². The number of carbonyl (C=O) groups excluding carboxylic acids is 1. The van der Waals surface area contributed by atoms with E-state index in [0.717, 1.165) is 48.3 Å². The molecule has 9 unspecified atom stereocenters. The van der Waals surface area contributed by atoms with E-state index in [4.69, 9.17) is 4.74 Å². The van der Waals surface area contributed by atoms with Gasteiger partial charge in [0.15, 0.2) is 0 Å². The molecule has 0 spiro atoms. The smallest absolute Gasteiger partial charge is 0.302 e. The molecule has 0 aromatic heterocycles. The first-order valence-corrected chi connectivity index (χ1v) is 13.5. The number of hydrogen-bond acceptors (Lipinski definition) is 2. The van der Waals surface area contributed by atoms with Crippen molar-refractivity contribution < 1.29 is 9.53 Å². The van der Waals surface area contributed by atoms with E-state index in [1.54, 1.807) is 6.92 Å². The van der Waals surface area contributed by atoms with Crippen molar-refractivity contribution >= 4 is 5.97 Å². The van der Waals surface area contributed by atoms with Crippen LogP contribution in [-0.4, -0.2) is 12.1 Å². The fourth-order valence-electron chi connectivity index (χ4n) is 9.45. The highest BCUT2D eigenvalue weighted by molar-refractivity contribution is 5.66. The van der Waals surface area contributed by atoms with Crippen molar-refractivity contribution in [3.63, 3.8) is 0 Å². The highest BCUT2D eigenvalue weighted by Gasteiger charge is 2.60. The summed E-state index contributed by atoms with van der Waals surface area (Å²) in [4.78, 5) is 11.5. The lowest BCUT2D eigenvalue weighted by molar-refractivity contribution is -0.160. The molecule has 4 aliphatic carbocycles. The van der Waals surface area contributed by atoms with Gasteiger partial charge in [0.25, 0.3) is 0 Å². The average molecular weight is 417 g/mol. The van der Waals surface area contributed by atoms with Crippen molar-refractivity contribution in [1.82, 2.24) is 0 Å². The molecule has 30 heavy (non-hydrogen) atoms. The quantitative estimate of drug-likeness (QED) is 0.326. The van der Waals surface area contributed by atoms with Gasteiger partial charge in [-0.15, -0.1) is 0 Å². The van der Waals surface area contributed by atoms with Gasteiger partial charge in [-0.05, 0) is 104 Å². The summed E-state index contributed by atoms with van der Waals surface area (Å²) in [5, 5.41) is 0. The Bertz CT molecular complexity index is 614. The lowest BCUT2D eigenvalue weighted by Gasteiger charge is -2.61. The molecule has 0 bridgehead atoms. The van der Waals surface area contributed by atoms with Crippen molar-refractivity contribution in [2.24, 2.45) is 46.3 Å². The molecule has 4 fully saturated rings. The first kappa shape index (κ1) is 22.7. The largest absolute Gasteiger partial charge is 0.463 e. The number of carbonyl (C=O) groups is 1. The summed E-state index contributed by atoms with van der Waals surface area (Å²) in [5.41, 5.74) is 1.09. The molecule has 4 saturated carbocycles. The predicted octanol–water partition coefficient (Wildman–Crippen LogP) is 7.79. The van der Waals surface area contributed by atoms with Gasteiger partial charge in [-0.3, -0.25) is 4.79 Å². The van der Waals surface area contributed by atoms with E-state index >= 15 is 0 Å². The van der Waals surface area contributed by atoms with Gasteiger partial charge in [-0.1, -0.05) is 53.4 Å². The second-order valence-corrected chi connectivity index (χ2v) is 12.4. The minimum Gasteiger partial charge on any atom is -0.463 e. The second-order valence-electron chi connectivity index (χ2n) is 12.4. The molecule has 0 radical (unpaired) electrons. The van der Waals surface area contributed by atoms with E-state index in [9.17, 15) is 4.79 Å². The van der Waals surface area contributed by atoms with E-state index in [0.29, 0.717) is 10.8 Å². The van der Waals surface area contributed by atoms with Gasteiger partial charge < -0.3 is 4.74 Å². The molecule has 0 aromatic carbocycles. The third kappa shape index (κ3) is 3.88. The summed E-state index contributed by atoms with van der Waals surface area (Å²) < 4.78 is 5.65. The van der Waals surface area contributed by atoms with Crippen LogP contribution in [0.4, 0.5) is 0 Å². The Morgan fingerprint density at radius 1 is 0.967 bits per heavy atom. The normalized spacial score (nSPS) is 46.4. The molecule has 4 rings (SSSR count). The molecule has 0 amide bonds. The van der Waals surface area contributed by atoms with Crippen LogP contribution in [0.25, 0.3) is 0 Å². The van der Waals surface area contributed by atoms with Crippen LogP contribution in [0.2, 0.25) is 0 Å². The third-order valence-electron chi connectivity index (χ3n) is 11.0. The molecule has 0 aromatic rings. The average Bonchev–Trinajstić information content (AvgIpc) is 3.05. The van der Waals surface area contributed by atoms with Gasteiger partial charge in [0.1, 0.15) is 6.10 Å². The van der Waals surface area contributed by atoms with Crippen LogP contribution in [0.3, 0.4) is 0 Å². The lowest BCUT2D eigenvalue weighted by atomic mass is 9.44. The fraction of sp³-hybridized carbons (Fsp3) is 0.964. The van der Waals surface area contributed by atoms with E-state index in [1.165, 1.54) is 70.6 Å². The van der Waals surface area contributed by atoms with Crippen molar-refractivity contribution in [3.05, 3.63) is 0 Å². The number of fused-ring (bicyclic) bond motifs is 5. The molecule has 4 aliphatic rings. The molecular formula is C28H48O2. The van der Waals surface area contributed by atoms with E-state index in [-0.39, 0.29) is 12.1 Å². The predicted molar refractivity (Wildman–Crippen MR) is 124 cm³/mol. The number of esters is 1. The maximum absolute atomic E-state index is 11.5. The van der Waals surface area contributed by atoms with Gasteiger partial charge in [-0.25, -0.2) is 0 Å². The first-order valence-electron chi connectivity index (χ1n) is 13.5. The Labute approximate surface area is 186 Å². The summed E-state index contributed by atoms with van der Waals surface area (Å²) in [6, 6.07) is 0. The van der Waals surface area contributed by atoms with Crippen LogP contribution < -0.4 is 0 Å². The third-order valence-corrected chi connectivity index (χ3v) is 11.0. The van der Waals surface area contributed by atoms with E-state index in [2.05, 4.69) is 27.7 Å². The van der Waals surface area contributed by atoms with Crippen LogP contribution in [0.15, 0.2) is 0 Å². The zero-order chi connectivity index (χ0) is 21.5. The monoisotopic (exact) mass is 416 g/mol. The van der Waals surface area contributed by atoms with Crippen LogP contribution in [0.1, 0.15) is 118 Å². The Morgan fingerprint density at radius 3 is 2.43 bits per heavy atom. The lowest BCUT2D eigenvalue weighted by Crippen LogP contribution is -2.54. The molecule has 0 aliphatic heterocycles. The Morgan fingerprint density at radius 2 is 1.70 bits per heavy atom. The Balaban J connectivity index is 1.45. The van der Waals surface area contributed by atoms with Crippen molar-refractivity contribution in [2.45, 2.75) is 124 Å². The fourth-order valence-corrected chi connectivity index (χ4v) is 9.45. The van der Waals surface area contributed by atoms with Crippen molar-refractivity contribution in [2.75, 3.05) is 0 Å². The minimum absolute atomic E-state index is 0.0872. The van der Waals surface area contributed by atoms with Crippen LogP contribution in [-0.2, 0) is 9.53 Å². The topological polar surface area (TPSA) is 26.3 Å². The van der Waals surface area contributed by atoms with Crippen LogP contribution in [0, 0.1) is 46.3 Å². The van der Waals surface area contributed by atoms with E-state index in [1.807, 2.05) is 0 Å². The zero-order valence-corrected chi connectivity index (χ0v) is 20.6. The second kappa shape index (κ2) is 8.78. The van der Waals surface area contributed by atoms with Gasteiger partial charge >= 0.3 is 5.97 Å². The Kier molecular flexibility index (Phi) is 6.63. The number of hydrogen-bond donors (Lipinski definition) is 0.